The Morgan fingerprint density at radius 2 is 2.36 bits per heavy atom. The van der Waals surface area contributed by atoms with E-state index in [0.29, 0.717) is 17.4 Å². The van der Waals surface area contributed by atoms with Crippen molar-refractivity contribution in [3.05, 3.63) is 41.1 Å². The molecule has 0 amide bonds. The van der Waals surface area contributed by atoms with Crippen LogP contribution in [0.25, 0.3) is 11.0 Å². The second-order valence-electron chi connectivity index (χ2n) is 5.78. The van der Waals surface area contributed by atoms with Crippen LogP contribution in [-0.4, -0.2) is 44.4 Å². The zero-order valence-corrected chi connectivity index (χ0v) is 13.7. The molecule has 0 aromatic carbocycles. The molecule has 6 heteroatoms. The van der Waals surface area contributed by atoms with E-state index in [1.54, 1.807) is 0 Å². The highest BCUT2D eigenvalue weighted by molar-refractivity contribution is 7.99. The van der Waals surface area contributed by atoms with E-state index in [1.807, 2.05) is 18.0 Å². The molecule has 0 spiro atoms. The Bertz CT molecular complexity index is 707. The highest BCUT2D eigenvalue weighted by atomic mass is 32.2. The van der Waals surface area contributed by atoms with Crippen molar-refractivity contribution in [1.82, 2.24) is 19.9 Å². The molecule has 0 saturated carbocycles. The second-order valence-corrected chi connectivity index (χ2v) is 7.10. The Morgan fingerprint density at radius 1 is 1.50 bits per heavy atom. The summed E-state index contributed by atoms with van der Waals surface area (Å²) in [5, 5.41) is 0. The molecule has 2 N–H and O–H groups in total. The molecule has 1 aliphatic heterocycles. The molecule has 2 atom stereocenters. The van der Waals surface area contributed by atoms with Crippen molar-refractivity contribution in [2.75, 3.05) is 24.6 Å². The molecule has 3 heterocycles. The molecule has 3 rings (SSSR count). The maximum Gasteiger partial charge on any atom is 0.275 e. The number of hydrogen-bond acceptors (Lipinski definition) is 4. The Kier molecular flexibility index (Phi) is 4.69. The van der Waals surface area contributed by atoms with Crippen LogP contribution in [-0.2, 0) is 6.54 Å². The van der Waals surface area contributed by atoms with Gasteiger partial charge in [0.15, 0.2) is 0 Å². The summed E-state index contributed by atoms with van der Waals surface area (Å²) in [7, 11) is 0. The van der Waals surface area contributed by atoms with Gasteiger partial charge in [-0.1, -0.05) is 13.0 Å². The summed E-state index contributed by atoms with van der Waals surface area (Å²) in [4.78, 5) is 24.1. The summed E-state index contributed by atoms with van der Waals surface area (Å²) in [6, 6.07) is 0. The van der Waals surface area contributed by atoms with Crippen LogP contribution in [0.4, 0.5) is 0 Å². The summed E-state index contributed by atoms with van der Waals surface area (Å²) in [6.07, 6.45) is 5.47. The van der Waals surface area contributed by atoms with E-state index >= 15 is 0 Å². The van der Waals surface area contributed by atoms with Crippen LogP contribution in [0.1, 0.15) is 12.5 Å². The van der Waals surface area contributed by atoms with Crippen LogP contribution in [0.2, 0.25) is 0 Å². The number of fused-ring (bicyclic) bond motifs is 1. The van der Waals surface area contributed by atoms with Gasteiger partial charge in [0.1, 0.15) is 5.52 Å². The largest absolute Gasteiger partial charge is 0.355 e. The summed E-state index contributed by atoms with van der Waals surface area (Å²) >= 11 is 2.00. The summed E-state index contributed by atoms with van der Waals surface area (Å²) in [5.41, 5.74) is 2.33. The van der Waals surface area contributed by atoms with E-state index in [0.717, 1.165) is 36.5 Å². The minimum absolute atomic E-state index is 0.112. The highest BCUT2D eigenvalue weighted by Gasteiger charge is 2.30. The van der Waals surface area contributed by atoms with Gasteiger partial charge in [-0.05, 0) is 23.3 Å². The van der Waals surface area contributed by atoms with Gasteiger partial charge in [0.05, 0.1) is 11.8 Å². The maximum atomic E-state index is 11.7. The maximum absolute atomic E-state index is 11.7. The fraction of sp³-hybridized carbons (Fsp3) is 0.500. The van der Waals surface area contributed by atoms with Crippen molar-refractivity contribution < 1.29 is 0 Å². The predicted octanol–water partition coefficient (Wildman–Crippen LogP) is 2.24. The van der Waals surface area contributed by atoms with E-state index < -0.39 is 0 Å². The average Bonchev–Trinajstić information content (AvgIpc) is 3.11. The first-order valence-electron chi connectivity index (χ1n) is 7.69. The van der Waals surface area contributed by atoms with Crippen molar-refractivity contribution in [2.45, 2.75) is 13.5 Å². The number of nitrogens with zero attached hydrogens (tertiary/aromatic N) is 2. The molecular weight excluding hydrogens is 296 g/mol. The average molecular weight is 318 g/mol. The van der Waals surface area contributed by atoms with Crippen LogP contribution in [0, 0.1) is 11.8 Å². The summed E-state index contributed by atoms with van der Waals surface area (Å²) < 4.78 is 0. The second kappa shape index (κ2) is 6.71. The Morgan fingerprint density at radius 3 is 3.14 bits per heavy atom. The molecule has 22 heavy (non-hydrogen) atoms. The molecule has 5 nitrogen and oxygen atoms in total. The van der Waals surface area contributed by atoms with Gasteiger partial charge in [-0.3, -0.25) is 9.69 Å². The predicted molar refractivity (Wildman–Crippen MR) is 92.2 cm³/mol. The normalized spacial score (nSPS) is 22.4. The number of hydrogen-bond donors (Lipinski definition) is 2. The number of H-pyrrole nitrogens is 2. The van der Waals surface area contributed by atoms with Crippen molar-refractivity contribution in [3.63, 3.8) is 0 Å². The van der Waals surface area contributed by atoms with Gasteiger partial charge in [0.25, 0.3) is 5.56 Å². The van der Waals surface area contributed by atoms with Gasteiger partial charge < -0.3 is 9.97 Å². The Balaban J connectivity index is 1.74. The number of rotatable bonds is 6. The van der Waals surface area contributed by atoms with Gasteiger partial charge >= 0.3 is 0 Å². The molecule has 0 aliphatic carbocycles. The lowest BCUT2D eigenvalue weighted by atomic mass is 9.98. The lowest BCUT2D eigenvalue weighted by Gasteiger charge is -2.15. The van der Waals surface area contributed by atoms with E-state index in [-0.39, 0.29) is 5.56 Å². The van der Waals surface area contributed by atoms with Crippen molar-refractivity contribution in [3.8, 4) is 0 Å². The molecule has 118 valence electrons. The standard InChI is InChI=1S/C16H22N4OS/c1-3-11-6-20(8-13(11)9-22-4-2)7-12-5-17-15-14(12)18-10-19-16(15)21/h3,5,10-11,13,17H,1,4,6-9H2,2H3,(H,18,19,21). The number of aromatic amines is 2. The van der Waals surface area contributed by atoms with Gasteiger partial charge in [0.2, 0.25) is 0 Å². The monoisotopic (exact) mass is 318 g/mol. The summed E-state index contributed by atoms with van der Waals surface area (Å²) in [6.45, 7) is 9.14. The van der Waals surface area contributed by atoms with Crippen LogP contribution in [0.5, 0.6) is 0 Å². The molecule has 1 fully saturated rings. The Labute approximate surface area is 134 Å². The quantitative estimate of drug-likeness (QED) is 0.802. The molecule has 2 aromatic rings. The fourth-order valence-corrected chi connectivity index (χ4v) is 4.09. The van der Waals surface area contributed by atoms with Crippen molar-refractivity contribution >= 4 is 22.8 Å². The van der Waals surface area contributed by atoms with E-state index in [9.17, 15) is 4.79 Å². The van der Waals surface area contributed by atoms with Gasteiger partial charge in [-0.25, -0.2) is 4.98 Å². The molecule has 1 aliphatic rings. The Hall–Kier alpha value is -1.53. The van der Waals surface area contributed by atoms with E-state index in [2.05, 4.69) is 39.4 Å². The highest BCUT2D eigenvalue weighted by Crippen LogP contribution is 2.29. The third-order valence-electron chi connectivity index (χ3n) is 4.35. The third kappa shape index (κ3) is 2.98. The molecule has 1 saturated heterocycles. The van der Waals surface area contributed by atoms with Gasteiger partial charge in [-0.15, -0.1) is 6.58 Å². The smallest absolute Gasteiger partial charge is 0.275 e. The molecule has 0 radical (unpaired) electrons. The molecule has 2 unspecified atom stereocenters. The van der Waals surface area contributed by atoms with Gasteiger partial charge in [0, 0.05) is 31.4 Å². The van der Waals surface area contributed by atoms with Crippen LogP contribution in [0.3, 0.4) is 0 Å². The van der Waals surface area contributed by atoms with Crippen molar-refractivity contribution in [1.29, 1.82) is 0 Å². The number of aromatic nitrogens is 3. The van der Waals surface area contributed by atoms with Crippen LogP contribution in [0.15, 0.2) is 30.0 Å². The number of likely N-dealkylation sites (tertiary alicyclic amines) is 1. The van der Waals surface area contributed by atoms with Crippen LogP contribution < -0.4 is 5.56 Å². The van der Waals surface area contributed by atoms with Crippen LogP contribution >= 0.6 is 11.8 Å². The summed E-state index contributed by atoms with van der Waals surface area (Å²) in [5.74, 6) is 3.58. The zero-order valence-electron chi connectivity index (χ0n) is 12.8. The fourth-order valence-electron chi connectivity index (χ4n) is 3.20. The van der Waals surface area contributed by atoms with Gasteiger partial charge in [-0.2, -0.15) is 11.8 Å². The number of nitrogens with one attached hydrogen (secondary N) is 2. The SMILES string of the molecule is C=CC1CN(Cc2c[nH]c3c(=O)[nH]cnc23)CC1CSCC. The lowest BCUT2D eigenvalue weighted by molar-refractivity contribution is 0.319. The first-order valence-corrected chi connectivity index (χ1v) is 8.84. The zero-order chi connectivity index (χ0) is 15.5. The number of thioether (sulfide) groups is 1. The van der Waals surface area contributed by atoms with E-state index in [4.69, 9.17) is 0 Å². The molecule has 2 aromatic heterocycles. The lowest BCUT2D eigenvalue weighted by Crippen LogP contribution is -2.20. The molecular formula is C16H22N4OS. The first kappa shape index (κ1) is 15.4. The first-order chi connectivity index (χ1) is 10.7. The molecule has 0 bridgehead atoms. The topological polar surface area (TPSA) is 64.8 Å². The van der Waals surface area contributed by atoms with E-state index in [1.165, 1.54) is 12.1 Å². The minimum atomic E-state index is -0.112. The third-order valence-corrected chi connectivity index (χ3v) is 5.42. The minimum Gasteiger partial charge on any atom is -0.355 e. The van der Waals surface area contributed by atoms with Crippen molar-refractivity contribution in [2.24, 2.45) is 11.8 Å².